The standard InChI is InChI=1S/C20H29N7O/c1-6-15(20(4,5)28)24-19-25-17(22-11-14-9-7-8-10-21-14)16-18(26-19)27(12-23-16)13(2)3/h7-10,12-13,15,28H,6,11H2,1-5H3,(H2,22,24,25,26)/t15-/m0/s1. The normalized spacial score (nSPS) is 13.1. The van der Waals surface area contributed by atoms with Crippen molar-refractivity contribution in [2.75, 3.05) is 10.6 Å². The van der Waals surface area contributed by atoms with Crippen molar-refractivity contribution in [1.29, 1.82) is 0 Å². The highest BCUT2D eigenvalue weighted by atomic mass is 16.3. The van der Waals surface area contributed by atoms with Crippen LogP contribution in [-0.2, 0) is 6.54 Å². The van der Waals surface area contributed by atoms with Gasteiger partial charge in [0.15, 0.2) is 17.0 Å². The van der Waals surface area contributed by atoms with Crippen molar-refractivity contribution in [2.45, 2.75) is 65.3 Å². The summed E-state index contributed by atoms with van der Waals surface area (Å²) >= 11 is 0. The molecule has 3 heterocycles. The summed E-state index contributed by atoms with van der Waals surface area (Å²) in [4.78, 5) is 18.2. The van der Waals surface area contributed by atoms with Crippen LogP contribution < -0.4 is 10.6 Å². The van der Waals surface area contributed by atoms with Crippen LogP contribution in [0.15, 0.2) is 30.7 Å². The quantitative estimate of drug-likeness (QED) is 0.548. The van der Waals surface area contributed by atoms with Crippen LogP contribution in [0, 0.1) is 0 Å². The first kappa shape index (κ1) is 20.0. The van der Waals surface area contributed by atoms with Gasteiger partial charge in [0.2, 0.25) is 5.95 Å². The maximum atomic E-state index is 10.4. The Bertz CT molecular complexity index is 915. The van der Waals surface area contributed by atoms with Crippen LogP contribution in [0.2, 0.25) is 0 Å². The van der Waals surface area contributed by atoms with Crippen molar-refractivity contribution in [3.05, 3.63) is 36.4 Å². The van der Waals surface area contributed by atoms with Gasteiger partial charge < -0.3 is 20.3 Å². The van der Waals surface area contributed by atoms with Gasteiger partial charge in [-0.2, -0.15) is 9.97 Å². The van der Waals surface area contributed by atoms with Crippen LogP contribution in [0.1, 0.15) is 52.8 Å². The van der Waals surface area contributed by atoms with Crippen LogP contribution in [0.3, 0.4) is 0 Å². The third-order valence-corrected chi connectivity index (χ3v) is 4.71. The number of hydrogen-bond acceptors (Lipinski definition) is 7. The van der Waals surface area contributed by atoms with Crippen molar-refractivity contribution in [1.82, 2.24) is 24.5 Å². The fourth-order valence-corrected chi connectivity index (χ4v) is 3.09. The molecule has 1 atom stereocenters. The molecule has 0 saturated carbocycles. The highest BCUT2D eigenvalue weighted by Crippen LogP contribution is 2.25. The van der Waals surface area contributed by atoms with Gasteiger partial charge in [-0.05, 0) is 46.2 Å². The number of nitrogens with zero attached hydrogens (tertiary/aromatic N) is 5. The highest BCUT2D eigenvalue weighted by Gasteiger charge is 2.26. The summed E-state index contributed by atoms with van der Waals surface area (Å²) in [5.74, 6) is 1.11. The summed E-state index contributed by atoms with van der Waals surface area (Å²) in [6.07, 6.45) is 4.29. The summed E-state index contributed by atoms with van der Waals surface area (Å²) in [5, 5.41) is 17.0. The van der Waals surface area contributed by atoms with E-state index in [4.69, 9.17) is 0 Å². The van der Waals surface area contributed by atoms with E-state index in [0.717, 1.165) is 17.8 Å². The maximum Gasteiger partial charge on any atom is 0.227 e. The average Bonchev–Trinajstić information content (AvgIpc) is 3.08. The number of hydrogen-bond donors (Lipinski definition) is 3. The Morgan fingerprint density at radius 3 is 2.57 bits per heavy atom. The molecule has 0 saturated heterocycles. The molecule has 0 radical (unpaired) electrons. The smallest absolute Gasteiger partial charge is 0.227 e. The zero-order valence-electron chi connectivity index (χ0n) is 17.1. The topological polar surface area (TPSA) is 101 Å². The molecular formula is C20H29N7O. The van der Waals surface area contributed by atoms with Gasteiger partial charge in [-0.1, -0.05) is 13.0 Å². The molecule has 3 aromatic rings. The molecule has 0 spiro atoms. The fourth-order valence-electron chi connectivity index (χ4n) is 3.09. The number of fused-ring (bicyclic) bond motifs is 1. The Labute approximate surface area is 165 Å². The molecule has 8 heteroatoms. The van der Waals surface area contributed by atoms with Crippen LogP contribution in [0.4, 0.5) is 11.8 Å². The lowest BCUT2D eigenvalue weighted by atomic mass is 9.97. The zero-order chi connectivity index (χ0) is 20.3. The molecule has 0 aromatic carbocycles. The van der Waals surface area contributed by atoms with Gasteiger partial charge >= 0.3 is 0 Å². The summed E-state index contributed by atoms with van der Waals surface area (Å²) in [6, 6.07) is 5.84. The molecule has 0 aliphatic carbocycles. The van der Waals surface area contributed by atoms with E-state index in [9.17, 15) is 5.11 Å². The Morgan fingerprint density at radius 2 is 1.96 bits per heavy atom. The molecular weight excluding hydrogens is 354 g/mol. The Kier molecular flexibility index (Phi) is 5.79. The van der Waals surface area contributed by atoms with E-state index in [2.05, 4.69) is 44.4 Å². The number of rotatable bonds is 8. The third kappa shape index (κ3) is 4.39. The first-order valence-electron chi connectivity index (χ1n) is 9.66. The number of pyridine rings is 1. The van der Waals surface area contributed by atoms with Gasteiger partial charge in [-0.15, -0.1) is 0 Å². The molecule has 3 N–H and O–H groups in total. The molecule has 8 nitrogen and oxygen atoms in total. The molecule has 3 aromatic heterocycles. The van der Waals surface area contributed by atoms with E-state index in [0.29, 0.717) is 23.8 Å². The molecule has 0 aliphatic heterocycles. The minimum absolute atomic E-state index is 0.177. The second-order valence-electron chi connectivity index (χ2n) is 7.75. The van der Waals surface area contributed by atoms with Gasteiger partial charge in [-0.25, -0.2) is 4.98 Å². The van der Waals surface area contributed by atoms with E-state index < -0.39 is 5.60 Å². The minimum Gasteiger partial charge on any atom is -0.388 e. The highest BCUT2D eigenvalue weighted by molar-refractivity contribution is 5.84. The van der Waals surface area contributed by atoms with Crippen molar-refractivity contribution in [2.24, 2.45) is 0 Å². The van der Waals surface area contributed by atoms with Gasteiger partial charge in [0.25, 0.3) is 0 Å². The average molecular weight is 384 g/mol. The number of imidazole rings is 1. The van der Waals surface area contributed by atoms with Crippen LogP contribution in [0.25, 0.3) is 11.2 Å². The molecule has 0 bridgehead atoms. The zero-order valence-corrected chi connectivity index (χ0v) is 17.1. The second kappa shape index (κ2) is 8.10. The summed E-state index contributed by atoms with van der Waals surface area (Å²) in [7, 11) is 0. The van der Waals surface area contributed by atoms with E-state index in [1.165, 1.54) is 0 Å². The number of anilines is 2. The maximum absolute atomic E-state index is 10.4. The Balaban J connectivity index is 1.98. The SMILES string of the molecule is CC[C@H](Nc1nc(NCc2ccccn2)c2ncn(C(C)C)c2n1)C(C)(C)O. The molecule has 0 amide bonds. The predicted molar refractivity (Wildman–Crippen MR) is 111 cm³/mol. The molecule has 28 heavy (non-hydrogen) atoms. The monoisotopic (exact) mass is 383 g/mol. The fraction of sp³-hybridized carbons (Fsp3) is 0.500. The first-order valence-corrected chi connectivity index (χ1v) is 9.66. The third-order valence-electron chi connectivity index (χ3n) is 4.71. The van der Waals surface area contributed by atoms with Gasteiger partial charge in [0.05, 0.1) is 30.2 Å². The molecule has 3 rings (SSSR count). The first-order chi connectivity index (χ1) is 13.3. The van der Waals surface area contributed by atoms with Gasteiger partial charge in [0.1, 0.15) is 0 Å². The second-order valence-corrected chi connectivity index (χ2v) is 7.75. The number of nitrogens with one attached hydrogen (secondary N) is 2. The van der Waals surface area contributed by atoms with E-state index in [1.807, 2.05) is 29.7 Å². The van der Waals surface area contributed by atoms with E-state index >= 15 is 0 Å². The number of aromatic nitrogens is 5. The largest absolute Gasteiger partial charge is 0.388 e. The van der Waals surface area contributed by atoms with Crippen LogP contribution >= 0.6 is 0 Å². The van der Waals surface area contributed by atoms with E-state index in [-0.39, 0.29) is 12.1 Å². The number of aliphatic hydroxyl groups is 1. The van der Waals surface area contributed by atoms with Crippen LogP contribution in [0.5, 0.6) is 0 Å². The van der Waals surface area contributed by atoms with Gasteiger partial charge in [0, 0.05) is 12.2 Å². The Morgan fingerprint density at radius 1 is 1.18 bits per heavy atom. The molecule has 0 unspecified atom stereocenters. The van der Waals surface area contributed by atoms with Crippen molar-refractivity contribution < 1.29 is 5.11 Å². The van der Waals surface area contributed by atoms with Crippen molar-refractivity contribution >= 4 is 22.9 Å². The summed E-state index contributed by atoms with van der Waals surface area (Å²) < 4.78 is 2.01. The van der Waals surface area contributed by atoms with Crippen LogP contribution in [-0.4, -0.2) is 41.3 Å². The lowest BCUT2D eigenvalue weighted by Crippen LogP contribution is -2.41. The lowest BCUT2D eigenvalue weighted by Gasteiger charge is -2.29. The molecule has 0 aliphatic rings. The van der Waals surface area contributed by atoms with Crippen molar-refractivity contribution in [3.63, 3.8) is 0 Å². The van der Waals surface area contributed by atoms with Gasteiger partial charge in [-0.3, -0.25) is 4.98 Å². The lowest BCUT2D eigenvalue weighted by molar-refractivity contribution is 0.0577. The summed E-state index contributed by atoms with van der Waals surface area (Å²) in [6.45, 7) is 10.3. The molecule has 0 fully saturated rings. The van der Waals surface area contributed by atoms with E-state index in [1.54, 1.807) is 26.4 Å². The molecule has 150 valence electrons. The predicted octanol–water partition coefficient (Wildman–Crippen LogP) is 3.38. The Hall–Kier alpha value is -2.74. The van der Waals surface area contributed by atoms with Crippen molar-refractivity contribution in [3.8, 4) is 0 Å². The minimum atomic E-state index is -0.896. The summed E-state index contributed by atoms with van der Waals surface area (Å²) in [5.41, 5.74) is 1.48.